The van der Waals surface area contributed by atoms with Crippen LogP contribution in [0.25, 0.3) is 0 Å². The molecule has 0 spiro atoms. The first kappa shape index (κ1) is 15.1. The van der Waals surface area contributed by atoms with E-state index in [1.807, 2.05) is 12.1 Å². The van der Waals surface area contributed by atoms with Crippen LogP contribution in [0, 0.1) is 0 Å². The summed E-state index contributed by atoms with van der Waals surface area (Å²) in [6.45, 7) is 2.56. The normalized spacial score (nSPS) is 10.6. The third-order valence-corrected chi connectivity index (χ3v) is 3.51. The van der Waals surface area contributed by atoms with Gasteiger partial charge in [0.2, 0.25) is 5.88 Å². The van der Waals surface area contributed by atoms with E-state index >= 15 is 0 Å². The van der Waals surface area contributed by atoms with Gasteiger partial charge in [0.1, 0.15) is 5.75 Å². The summed E-state index contributed by atoms with van der Waals surface area (Å²) in [5, 5.41) is 0.947. The standard InChI is InChI=1S/C15H16Cl2N2O/c1-2-3-11-6-10(9-18)7-15(19-11)20-12-4-5-13(16)14(17)8-12/h4-8H,2-3,9,18H2,1H3. The second-order valence-electron chi connectivity index (χ2n) is 4.44. The van der Waals surface area contributed by atoms with E-state index < -0.39 is 0 Å². The number of hydrogen-bond donors (Lipinski definition) is 1. The maximum Gasteiger partial charge on any atom is 0.219 e. The molecule has 106 valence electrons. The van der Waals surface area contributed by atoms with E-state index in [1.54, 1.807) is 18.2 Å². The van der Waals surface area contributed by atoms with Gasteiger partial charge in [-0.2, -0.15) is 0 Å². The van der Waals surface area contributed by atoms with Crippen LogP contribution in [0.1, 0.15) is 24.6 Å². The van der Waals surface area contributed by atoms with Crippen LogP contribution in [-0.2, 0) is 13.0 Å². The predicted molar refractivity (Wildman–Crippen MR) is 82.7 cm³/mol. The predicted octanol–water partition coefficient (Wildman–Crippen LogP) is 4.59. The van der Waals surface area contributed by atoms with Gasteiger partial charge in [0.15, 0.2) is 0 Å². The quantitative estimate of drug-likeness (QED) is 0.878. The summed E-state index contributed by atoms with van der Waals surface area (Å²) in [4.78, 5) is 4.46. The largest absolute Gasteiger partial charge is 0.439 e. The van der Waals surface area contributed by atoms with Crippen molar-refractivity contribution in [2.75, 3.05) is 0 Å². The zero-order valence-electron chi connectivity index (χ0n) is 11.2. The highest BCUT2D eigenvalue weighted by Gasteiger charge is 2.06. The minimum atomic E-state index is 0.452. The fourth-order valence-electron chi connectivity index (χ4n) is 1.84. The fraction of sp³-hybridized carbons (Fsp3) is 0.267. The average molecular weight is 311 g/mol. The Morgan fingerprint density at radius 1 is 1.15 bits per heavy atom. The number of benzene rings is 1. The van der Waals surface area contributed by atoms with Crippen LogP contribution in [0.15, 0.2) is 30.3 Å². The van der Waals surface area contributed by atoms with Gasteiger partial charge in [-0.15, -0.1) is 0 Å². The third-order valence-electron chi connectivity index (χ3n) is 2.77. The van der Waals surface area contributed by atoms with Crippen molar-refractivity contribution in [3.8, 4) is 11.6 Å². The summed E-state index contributed by atoms with van der Waals surface area (Å²) < 4.78 is 5.73. The van der Waals surface area contributed by atoms with E-state index in [0.717, 1.165) is 24.1 Å². The van der Waals surface area contributed by atoms with E-state index in [2.05, 4.69) is 11.9 Å². The molecular formula is C15H16Cl2N2O. The first-order valence-electron chi connectivity index (χ1n) is 6.45. The lowest BCUT2D eigenvalue weighted by Gasteiger charge is -2.09. The molecule has 0 saturated carbocycles. The van der Waals surface area contributed by atoms with Crippen molar-refractivity contribution in [2.24, 2.45) is 5.73 Å². The van der Waals surface area contributed by atoms with Crippen LogP contribution in [-0.4, -0.2) is 4.98 Å². The average Bonchev–Trinajstić information content (AvgIpc) is 2.43. The molecule has 0 aliphatic rings. The van der Waals surface area contributed by atoms with Crippen molar-refractivity contribution in [1.82, 2.24) is 4.98 Å². The molecule has 3 nitrogen and oxygen atoms in total. The van der Waals surface area contributed by atoms with E-state index in [-0.39, 0.29) is 0 Å². The molecule has 2 rings (SSSR count). The number of pyridine rings is 1. The zero-order valence-corrected chi connectivity index (χ0v) is 12.7. The number of aryl methyl sites for hydroxylation is 1. The monoisotopic (exact) mass is 310 g/mol. The van der Waals surface area contributed by atoms with Gasteiger partial charge in [0, 0.05) is 24.4 Å². The molecule has 0 aliphatic heterocycles. The number of nitrogens with zero attached hydrogens (tertiary/aromatic N) is 1. The Hall–Kier alpha value is -1.29. The van der Waals surface area contributed by atoms with Gasteiger partial charge in [-0.3, -0.25) is 0 Å². The Morgan fingerprint density at radius 2 is 1.95 bits per heavy atom. The molecule has 5 heteroatoms. The lowest BCUT2D eigenvalue weighted by Crippen LogP contribution is -2.01. The number of nitrogens with two attached hydrogens (primary N) is 1. The highest BCUT2D eigenvalue weighted by atomic mass is 35.5. The first-order chi connectivity index (χ1) is 9.62. The Kier molecular flexibility index (Phi) is 5.24. The molecule has 2 N–H and O–H groups in total. The van der Waals surface area contributed by atoms with Crippen LogP contribution < -0.4 is 10.5 Å². The Morgan fingerprint density at radius 3 is 2.60 bits per heavy atom. The SMILES string of the molecule is CCCc1cc(CN)cc(Oc2ccc(Cl)c(Cl)c2)n1. The molecule has 0 aliphatic carbocycles. The molecule has 0 unspecified atom stereocenters. The highest BCUT2D eigenvalue weighted by molar-refractivity contribution is 6.42. The first-order valence-corrected chi connectivity index (χ1v) is 7.20. The third kappa shape index (κ3) is 3.85. The topological polar surface area (TPSA) is 48.1 Å². The van der Waals surface area contributed by atoms with Crippen LogP contribution in [0.2, 0.25) is 10.0 Å². The van der Waals surface area contributed by atoms with Gasteiger partial charge in [-0.05, 0) is 30.2 Å². The Balaban J connectivity index is 2.27. The van der Waals surface area contributed by atoms with Crippen LogP contribution in [0.4, 0.5) is 0 Å². The number of rotatable bonds is 5. The van der Waals surface area contributed by atoms with Crippen molar-refractivity contribution >= 4 is 23.2 Å². The molecule has 1 aromatic carbocycles. The zero-order chi connectivity index (χ0) is 14.5. The van der Waals surface area contributed by atoms with E-state index in [4.69, 9.17) is 33.7 Å². The summed E-state index contributed by atoms with van der Waals surface area (Å²) in [5.41, 5.74) is 7.68. The van der Waals surface area contributed by atoms with E-state index in [1.165, 1.54) is 0 Å². The minimum absolute atomic E-state index is 0.452. The second-order valence-corrected chi connectivity index (χ2v) is 5.25. The molecule has 0 saturated heterocycles. The van der Waals surface area contributed by atoms with E-state index in [9.17, 15) is 0 Å². The summed E-state index contributed by atoms with van der Waals surface area (Å²) >= 11 is 11.8. The minimum Gasteiger partial charge on any atom is -0.439 e. The van der Waals surface area contributed by atoms with Crippen LogP contribution in [0.5, 0.6) is 11.6 Å². The molecule has 0 radical (unpaired) electrons. The van der Waals surface area contributed by atoms with Gasteiger partial charge in [-0.25, -0.2) is 4.98 Å². The van der Waals surface area contributed by atoms with Crippen molar-refractivity contribution in [2.45, 2.75) is 26.3 Å². The molecule has 0 fully saturated rings. The summed E-state index contributed by atoms with van der Waals surface area (Å²) in [6, 6.07) is 8.95. The molecule has 0 atom stereocenters. The van der Waals surface area contributed by atoms with Gasteiger partial charge in [0.05, 0.1) is 10.0 Å². The van der Waals surface area contributed by atoms with Gasteiger partial charge in [0.25, 0.3) is 0 Å². The fourth-order valence-corrected chi connectivity index (χ4v) is 2.12. The molecular weight excluding hydrogens is 295 g/mol. The molecule has 0 bridgehead atoms. The molecule has 0 amide bonds. The lowest BCUT2D eigenvalue weighted by molar-refractivity contribution is 0.459. The van der Waals surface area contributed by atoms with E-state index in [0.29, 0.717) is 28.2 Å². The van der Waals surface area contributed by atoms with Crippen molar-refractivity contribution < 1.29 is 4.74 Å². The molecule has 2 aromatic rings. The second kappa shape index (κ2) is 6.93. The highest BCUT2D eigenvalue weighted by Crippen LogP contribution is 2.29. The van der Waals surface area contributed by atoms with Crippen molar-refractivity contribution in [3.63, 3.8) is 0 Å². The summed E-state index contributed by atoms with van der Waals surface area (Å²) in [7, 11) is 0. The molecule has 20 heavy (non-hydrogen) atoms. The van der Waals surface area contributed by atoms with Gasteiger partial charge in [-0.1, -0.05) is 36.5 Å². The summed E-state index contributed by atoms with van der Waals surface area (Å²) in [5.74, 6) is 1.12. The van der Waals surface area contributed by atoms with Crippen LogP contribution in [0.3, 0.4) is 0 Å². The van der Waals surface area contributed by atoms with Gasteiger partial charge < -0.3 is 10.5 Å². The van der Waals surface area contributed by atoms with Gasteiger partial charge >= 0.3 is 0 Å². The maximum atomic E-state index is 5.97. The van der Waals surface area contributed by atoms with Crippen molar-refractivity contribution in [1.29, 1.82) is 0 Å². The lowest BCUT2D eigenvalue weighted by atomic mass is 10.1. The Labute approximate surface area is 128 Å². The number of halogens is 2. The Bertz CT molecular complexity index is 602. The summed E-state index contributed by atoms with van der Waals surface area (Å²) in [6.07, 6.45) is 1.92. The molecule has 1 aromatic heterocycles. The van der Waals surface area contributed by atoms with Crippen molar-refractivity contribution in [3.05, 3.63) is 51.6 Å². The van der Waals surface area contributed by atoms with Crippen LogP contribution >= 0.6 is 23.2 Å². The molecule has 1 heterocycles. The smallest absolute Gasteiger partial charge is 0.219 e. The maximum absolute atomic E-state index is 5.97. The number of ether oxygens (including phenoxy) is 1. The number of aromatic nitrogens is 1. The number of hydrogen-bond acceptors (Lipinski definition) is 3.